The molecule has 2 aromatic carbocycles. The Morgan fingerprint density at radius 2 is 1.59 bits per heavy atom. The topological polar surface area (TPSA) is 66.6 Å². The van der Waals surface area contributed by atoms with Crippen molar-refractivity contribution in [3.05, 3.63) is 54.7 Å². The fourth-order valence-electron chi connectivity index (χ4n) is 3.00. The fourth-order valence-corrected chi connectivity index (χ4v) is 3.00. The standard InChI is InChI=1S/C21H18N2O4/c1-24-19-10-15(11-20(25-2)21(19)26-3)18-12-17(23-27-18)14-7-6-13-5-4-8-22-16(13)9-14/h4-12H,1-3H3. The third-order valence-electron chi connectivity index (χ3n) is 4.36. The highest BCUT2D eigenvalue weighted by molar-refractivity contribution is 5.84. The first-order chi connectivity index (χ1) is 13.2. The van der Waals surface area contributed by atoms with Crippen LogP contribution in [0.25, 0.3) is 33.5 Å². The van der Waals surface area contributed by atoms with Crippen LogP contribution in [-0.2, 0) is 0 Å². The number of pyridine rings is 1. The number of hydrogen-bond donors (Lipinski definition) is 0. The van der Waals surface area contributed by atoms with Crippen LogP contribution in [0.2, 0.25) is 0 Å². The second-order valence-electron chi connectivity index (χ2n) is 5.90. The molecule has 0 aliphatic carbocycles. The van der Waals surface area contributed by atoms with Crippen LogP contribution in [0, 0.1) is 0 Å². The molecule has 0 amide bonds. The normalized spacial score (nSPS) is 10.8. The molecule has 0 spiro atoms. The molecule has 0 aliphatic heterocycles. The Labute approximate surface area is 156 Å². The van der Waals surface area contributed by atoms with E-state index in [1.165, 1.54) is 0 Å². The van der Waals surface area contributed by atoms with Gasteiger partial charge in [-0.3, -0.25) is 4.98 Å². The molecule has 4 rings (SSSR count). The predicted octanol–water partition coefficient (Wildman–Crippen LogP) is 4.58. The first-order valence-electron chi connectivity index (χ1n) is 8.35. The number of hydrogen-bond acceptors (Lipinski definition) is 6. The van der Waals surface area contributed by atoms with E-state index in [0.29, 0.717) is 23.0 Å². The summed E-state index contributed by atoms with van der Waals surface area (Å²) in [5.74, 6) is 2.24. The number of methoxy groups -OCH3 is 3. The Morgan fingerprint density at radius 1 is 0.815 bits per heavy atom. The number of rotatable bonds is 5. The first kappa shape index (κ1) is 16.9. The minimum Gasteiger partial charge on any atom is -0.493 e. The van der Waals surface area contributed by atoms with Crippen molar-refractivity contribution in [1.29, 1.82) is 0 Å². The lowest BCUT2D eigenvalue weighted by Gasteiger charge is -2.12. The van der Waals surface area contributed by atoms with E-state index in [1.807, 2.05) is 48.5 Å². The number of ether oxygens (including phenoxy) is 3. The minimum atomic E-state index is 0.532. The van der Waals surface area contributed by atoms with Crippen molar-refractivity contribution in [2.45, 2.75) is 0 Å². The second kappa shape index (κ2) is 6.99. The van der Waals surface area contributed by atoms with Crippen molar-refractivity contribution in [1.82, 2.24) is 10.1 Å². The molecule has 0 saturated carbocycles. The van der Waals surface area contributed by atoms with E-state index in [0.717, 1.165) is 27.7 Å². The molecule has 6 heteroatoms. The summed E-state index contributed by atoms with van der Waals surface area (Å²) in [5, 5.41) is 5.29. The van der Waals surface area contributed by atoms with Gasteiger partial charge in [0.2, 0.25) is 5.75 Å². The lowest BCUT2D eigenvalue weighted by molar-refractivity contribution is 0.324. The Hall–Kier alpha value is -3.54. The van der Waals surface area contributed by atoms with Gasteiger partial charge in [0.05, 0.1) is 26.8 Å². The van der Waals surface area contributed by atoms with Crippen LogP contribution in [0.4, 0.5) is 0 Å². The Balaban J connectivity index is 1.75. The van der Waals surface area contributed by atoms with Crippen molar-refractivity contribution >= 4 is 10.9 Å². The molecule has 0 unspecified atom stereocenters. The van der Waals surface area contributed by atoms with Crippen molar-refractivity contribution < 1.29 is 18.7 Å². The molecule has 27 heavy (non-hydrogen) atoms. The average molecular weight is 362 g/mol. The Bertz CT molecular complexity index is 1080. The molecule has 0 fully saturated rings. The van der Waals surface area contributed by atoms with Crippen molar-refractivity contribution in [3.8, 4) is 39.8 Å². The van der Waals surface area contributed by atoms with Gasteiger partial charge < -0.3 is 18.7 Å². The van der Waals surface area contributed by atoms with Gasteiger partial charge in [-0.2, -0.15) is 0 Å². The number of benzene rings is 2. The van der Waals surface area contributed by atoms with Gasteiger partial charge in [-0.1, -0.05) is 23.4 Å². The molecule has 6 nitrogen and oxygen atoms in total. The van der Waals surface area contributed by atoms with E-state index in [1.54, 1.807) is 27.5 Å². The Kier molecular flexibility index (Phi) is 4.38. The molecule has 0 bridgehead atoms. The third-order valence-corrected chi connectivity index (χ3v) is 4.36. The monoisotopic (exact) mass is 362 g/mol. The van der Waals surface area contributed by atoms with Crippen molar-refractivity contribution in [3.63, 3.8) is 0 Å². The van der Waals surface area contributed by atoms with E-state index < -0.39 is 0 Å². The van der Waals surface area contributed by atoms with Crippen molar-refractivity contribution in [2.24, 2.45) is 0 Å². The van der Waals surface area contributed by atoms with Crippen LogP contribution in [-0.4, -0.2) is 31.5 Å². The van der Waals surface area contributed by atoms with Crippen LogP contribution >= 0.6 is 0 Å². The molecule has 2 aromatic heterocycles. The van der Waals surface area contributed by atoms with Crippen LogP contribution in [0.1, 0.15) is 0 Å². The van der Waals surface area contributed by atoms with Gasteiger partial charge in [0.25, 0.3) is 0 Å². The lowest BCUT2D eigenvalue weighted by atomic mass is 10.1. The maximum Gasteiger partial charge on any atom is 0.203 e. The maximum absolute atomic E-state index is 5.57. The lowest BCUT2D eigenvalue weighted by Crippen LogP contribution is -1.95. The van der Waals surface area contributed by atoms with Crippen LogP contribution in [0.5, 0.6) is 17.2 Å². The third kappa shape index (κ3) is 3.06. The first-order valence-corrected chi connectivity index (χ1v) is 8.35. The summed E-state index contributed by atoms with van der Waals surface area (Å²) < 4.78 is 21.7. The fraction of sp³-hybridized carbons (Fsp3) is 0.143. The van der Waals surface area contributed by atoms with E-state index in [4.69, 9.17) is 18.7 Å². The number of aromatic nitrogens is 2. The zero-order valence-electron chi connectivity index (χ0n) is 15.2. The van der Waals surface area contributed by atoms with Gasteiger partial charge in [-0.15, -0.1) is 0 Å². The summed E-state index contributed by atoms with van der Waals surface area (Å²) in [5.41, 5.74) is 3.35. The average Bonchev–Trinajstić information content (AvgIpc) is 3.22. The highest BCUT2D eigenvalue weighted by Crippen LogP contribution is 2.41. The van der Waals surface area contributed by atoms with E-state index in [9.17, 15) is 0 Å². The zero-order valence-corrected chi connectivity index (χ0v) is 15.2. The molecule has 4 aromatic rings. The van der Waals surface area contributed by atoms with Gasteiger partial charge in [-0.25, -0.2) is 0 Å². The van der Waals surface area contributed by atoms with Crippen LogP contribution in [0.3, 0.4) is 0 Å². The molecule has 0 atom stereocenters. The van der Waals surface area contributed by atoms with Gasteiger partial charge in [-0.05, 0) is 24.3 Å². The Morgan fingerprint density at radius 3 is 2.30 bits per heavy atom. The van der Waals surface area contributed by atoms with Crippen LogP contribution in [0.15, 0.2) is 59.3 Å². The second-order valence-corrected chi connectivity index (χ2v) is 5.90. The summed E-state index contributed by atoms with van der Waals surface area (Å²) in [6.07, 6.45) is 1.77. The summed E-state index contributed by atoms with van der Waals surface area (Å²) in [7, 11) is 4.73. The van der Waals surface area contributed by atoms with E-state index in [2.05, 4.69) is 10.1 Å². The number of nitrogens with zero attached hydrogens (tertiary/aromatic N) is 2. The molecule has 0 N–H and O–H groups in total. The van der Waals surface area contributed by atoms with Crippen LogP contribution < -0.4 is 14.2 Å². The predicted molar refractivity (Wildman–Crippen MR) is 102 cm³/mol. The van der Waals surface area contributed by atoms with Gasteiger partial charge in [0.15, 0.2) is 17.3 Å². The van der Waals surface area contributed by atoms with Gasteiger partial charge in [0, 0.05) is 28.8 Å². The summed E-state index contributed by atoms with van der Waals surface area (Å²) in [6.45, 7) is 0. The summed E-state index contributed by atoms with van der Waals surface area (Å²) >= 11 is 0. The smallest absolute Gasteiger partial charge is 0.203 e. The maximum atomic E-state index is 5.57. The van der Waals surface area contributed by atoms with E-state index in [-0.39, 0.29) is 0 Å². The highest BCUT2D eigenvalue weighted by Gasteiger charge is 2.17. The number of fused-ring (bicyclic) bond motifs is 1. The minimum absolute atomic E-state index is 0.532. The molecular formula is C21H18N2O4. The van der Waals surface area contributed by atoms with Crippen molar-refractivity contribution in [2.75, 3.05) is 21.3 Å². The highest BCUT2D eigenvalue weighted by atomic mass is 16.5. The van der Waals surface area contributed by atoms with Gasteiger partial charge >= 0.3 is 0 Å². The summed E-state index contributed by atoms with van der Waals surface area (Å²) in [6, 6.07) is 15.5. The van der Waals surface area contributed by atoms with E-state index >= 15 is 0 Å². The largest absolute Gasteiger partial charge is 0.493 e. The molecule has 0 aliphatic rings. The summed E-state index contributed by atoms with van der Waals surface area (Å²) in [4.78, 5) is 4.39. The molecule has 0 saturated heterocycles. The molecule has 2 heterocycles. The SMILES string of the molecule is COc1cc(-c2cc(-c3ccc4cccnc4c3)no2)cc(OC)c1OC. The zero-order chi connectivity index (χ0) is 18.8. The van der Waals surface area contributed by atoms with Gasteiger partial charge in [0.1, 0.15) is 5.69 Å². The molecular weight excluding hydrogens is 344 g/mol. The molecule has 136 valence electrons. The quantitative estimate of drug-likeness (QED) is 0.518. The molecule has 0 radical (unpaired) electrons.